The molecule has 0 fully saturated rings. The van der Waals surface area contributed by atoms with Crippen LogP contribution in [0.15, 0.2) is 36.4 Å². The third-order valence-electron chi connectivity index (χ3n) is 4.50. The van der Waals surface area contributed by atoms with E-state index in [0.29, 0.717) is 6.42 Å². The Morgan fingerprint density at radius 2 is 1.64 bits per heavy atom. The second-order valence-corrected chi connectivity index (χ2v) is 6.66. The molecule has 0 radical (unpaired) electrons. The standard InChI is InChI=1S/C21H31N3O/c1-2-3-4-5-6-7-8-9-10-11-12-13-18-21(25)24-20-17-15-14-16-19(20)22-23-24/h11-12,14-17H,2-10,13,18H2,1H3/b12-11+. The lowest BCUT2D eigenvalue weighted by atomic mass is 10.1. The number of hydrogen-bond acceptors (Lipinski definition) is 3. The van der Waals surface area contributed by atoms with Crippen LogP contribution in [0, 0.1) is 0 Å². The monoisotopic (exact) mass is 341 g/mol. The van der Waals surface area contributed by atoms with Gasteiger partial charge in [0.1, 0.15) is 5.52 Å². The molecule has 0 saturated carbocycles. The highest BCUT2D eigenvalue weighted by Crippen LogP contribution is 2.12. The number of para-hydroxylation sites is 1. The molecule has 0 amide bonds. The SMILES string of the molecule is CCCCCCCCCC/C=C/CCC(=O)n1nnc2ccccc21. The Hall–Kier alpha value is -1.97. The summed E-state index contributed by atoms with van der Waals surface area (Å²) in [4.78, 5) is 12.2. The quantitative estimate of drug-likeness (QED) is 0.354. The minimum atomic E-state index is 0.00503. The third kappa shape index (κ3) is 6.81. The summed E-state index contributed by atoms with van der Waals surface area (Å²) in [5.74, 6) is 0.00503. The number of fused-ring (bicyclic) bond motifs is 1. The molecule has 4 nitrogen and oxygen atoms in total. The van der Waals surface area contributed by atoms with E-state index in [1.807, 2.05) is 24.3 Å². The van der Waals surface area contributed by atoms with Gasteiger partial charge in [0.2, 0.25) is 5.91 Å². The Balaban J connectivity index is 1.55. The lowest BCUT2D eigenvalue weighted by molar-refractivity contribution is 0.0891. The number of allylic oxidation sites excluding steroid dienone is 2. The second-order valence-electron chi connectivity index (χ2n) is 6.66. The molecule has 25 heavy (non-hydrogen) atoms. The minimum Gasteiger partial charge on any atom is -0.272 e. The normalized spacial score (nSPS) is 11.6. The van der Waals surface area contributed by atoms with Crippen molar-refractivity contribution in [3.05, 3.63) is 36.4 Å². The zero-order chi connectivity index (χ0) is 17.7. The zero-order valence-corrected chi connectivity index (χ0v) is 15.5. The van der Waals surface area contributed by atoms with Crippen molar-refractivity contribution in [3.63, 3.8) is 0 Å². The van der Waals surface area contributed by atoms with E-state index in [-0.39, 0.29) is 5.91 Å². The van der Waals surface area contributed by atoms with Gasteiger partial charge in [0.05, 0.1) is 5.52 Å². The Kier molecular flexibility index (Phi) is 8.95. The lowest BCUT2D eigenvalue weighted by Crippen LogP contribution is -2.11. The van der Waals surface area contributed by atoms with E-state index in [1.54, 1.807) is 0 Å². The average molecular weight is 341 g/mol. The van der Waals surface area contributed by atoms with Crippen LogP contribution in [0.2, 0.25) is 0 Å². The van der Waals surface area contributed by atoms with E-state index >= 15 is 0 Å². The van der Waals surface area contributed by atoms with Gasteiger partial charge in [0.25, 0.3) is 0 Å². The number of unbranched alkanes of at least 4 members (excludes halogenated alkanes) is 8. The van der Waals surface area contributed by atoms with Gasteiger partial charge >= 0.3 is 0 Å². The zero-order valence-electron chi connectivity index (χ0n) is 15.5. The summed E-state index contributed by atoms with van der Waals surface area (Å²) in [7, 11) is 0. The fraction of sp³-hybridized carbons (Fsp3) is 0.571. The molecule has 2 aromatic rings. The summed E-state index contributed by atoms with van der Waals surface area (Å²) in [6, 6.07) is 7.56. The first-order valence-corrected chi connectivity index (χ1v) is 9.81. The fourth-order valence-electron chi connectivity index (χ4n) is 3.00. The first kappa shape index (κ1) is 19.4. The van der Waals surface area contributed by atoms with E-state index in [2.05, 4.69) is 29.4 Å². The van der Waals surface area contributed by atoms with E-state index in [9.17, 15) is 4.79 Å². The van der Waals surface area contributed by atoms with Gasteiger partial charge < -0.3 is 0 Å². The molecule has 0 spiro atoms. The van der Waals surface area contributed by atoms with Crippen LogP contribution in [-0.2, 0) is 0 Å². The first-order valence-electron chi connectivity index (χ1n) is 9.81. The summed E-state index contributed by atoms with van der Waals surface area (Å²) in [5, 5.41) is 7.99. The largest absolute Gasteiger partial charge is 0.272 e. The molecule has 0 bridgehead atoms. The molecule has 136 valence electrons. The average Bonchev–Trinajstić information content (AvgIpc) is 3.06. The molecular weight excluding hydrogens is 310 g/mol. The highest BCUT2D eigenvalue weighted by Gasteiger charge is 2.10. The number of hydrogen-bond donors (Lipinski definition) is 0. The number of benzene rings is 1. The van der Waals surface area contributed by atoms with Crippen LogP contribution >= 0.6 is 0 Å². The van der Waals surface area contributed by atoms with Crippen LogP contribution in [0.4, 0.5) is 0 Å². The first-order chi connectivity index (χ1) is 12.3. The number of carbonyl (C=O) groups excluding carboxylic acids is 1. The van der Waals surface area contributed by atoms with E-state index in [0.717, 1.165) is 23.9 Å². The van der Waals surface area contributed by atoms with Crippen molar-refractivity contribution in [1.29, 1.82) is 0 Å². The predicted octanol–water partition coefficient (Wildman–Crippen LogP) is 5.94. The van der Waals surface area contributed by atoms with Crippen LogP contribution in [0.1, 0.15) is 82.3 Å². The summed E-state index contributed by atoms with van der Waals surface area (Å²) < 4.78 is 1.42. The van der Waals surface area contributed by atoms with Gasteiger partial charge in [-0.05, 0) is 31.4 Å². The summed E-state index contributed by atoms with van der Waals surface area (Å²) in [6.45, 7) is 2.26. The predicted molar refractivity (Wildman–Crippen MR) is 104 cm³/mol. The Labute approximate surface area is 151 Å². The van der Waals surface area contributed by atoms with Crippen LogP contribution in [0.5, 0.6) is 0 Å². The summed E-state index contributed by atoms with van der Waals surface area (Å²) in [5.41, 5.74) is 1.55. The Morgan fingerprint density at radius 1 is 0.960 bits per heavy atom. The number of carbonyl (C=O) groups is 1. The Morgan fingerprint density at radius 3 is 2.44 bits per heavy atom. The molecule has 2 rings (SSSR count). The van der Waals surface area contributed by atoms with Crippen LogP contribution in [-0.4, -0.2) is 20.9 Å². The smallest absolute Gasteiger partial charge is 0.249 e. The topological polar surface area (TPSA) is 47.8 Å². The van der Waals surface area contributed by atoms with Crippen molar-refractivity contribution in [1.82, 2.24) is 15.0 Å². The Bertz CT molecular complexity index is 660. The highest BCUT2D eigenvalue weighted by molar-refractivity contribution is 5.88. The lowest BCUT2D eigenvalue weighted by Gasteiger charge is -2.00. The molecule has 0 N–H and O–H groups in total. The molecule has 1 heterocycles. The van der Waals surface area contributed by atoms with Crippen molar-refractivity contribution in [2.75, 3.05) is 0 Å². The van der Waals surface area contributed by atoms with Gasteiger partial charge in [-0.25, -0.2) is 0 Å². The van der Waals surface area contributed by atoms with Gasteiger partial charge in [0, 0.05) is 6.42 Å². The number of rotatable bonds is 12. The van der Waals surface area contributed by atoms with Crippen molar-refractivity contribution in [2.24, 2.45) is 0 Å². The molecule has 0 unspecified atom stereocenters. The molecule has 0 aliphatic heterocycles. The maximum atomic E-state index is 12.2. The van der Waals surface area contributed by atoms with Gasteiger partial charge in [0.15, 0.2) is 0 Å². The van der Waals surface area contributed by atoms with Crippen molar-refractivity contribution in [2.45, 2.75) is 77.6 Å². The molecule has 0 aliphatic rings. The van der Waals surface area contributed by atoms with E-state index in [1.165, 1.54) is 56.0 Å². The van der Waals surface area contributed by atoms with Crippen LogP contribution in [0.3, 0.4) is 0 Å². The van der Waals surface area contributed by atoms with Gasteiger partial charge in [-0.15, -0.1) is 5.10 Å². The highest BCUT2D eigenvalue weighted by atomic mass is 16.2. The fourth-order valence-corrected chi connectivity index (χ4v) is 3.00. The second kappa shape index (κ2) is 11.6. The van der Waals surface area contributed by atoms with Crippen molar-refractivity contribution < 1.29 is 4.79 Å². The number of aromatic nitrogens is 3. The molecule has 0 saturated heterocycles. The molecule has 4 heteroatoms. The molecule has 0 aliphatic carbocycles. The van der Waals surface area contributed by atoms with Gasteiger partial charge in [-0.3, -0.25) is 4.79 Å². The van der Waals surface area contributed by atoms with Crippen molar-refractivity contribution in [3.8, 4) is 0 Å². The molecular formula is C21H31N3O. The minimum absolute atomic E-state index is 0.00503. The molecule has 1 aromatic heterocycles. The molecule has 0 atom stereocenters. The van der Waals surface area contributed by atoms with Crippen LogP contribution < -0.4 is 0 Å². The molecule has 1 aromatic carbocycles. The van der Waals surface area contributed by atoms with E-state index < -0.39 is 0 Å². The van der Waals surface area contributed by atoms with Gasteiger partial charge in [-0.2, -0.15) is 4.68 Å². The summed E-state index contributed by atoms with van der Waals surface area (Å²) in [6.07, 6.45) is 17.5. The van der Waals surface area contributed by atoms with E-state index in [4.69, 9.17) is 0 Å². The third-order valence-corrected chi connectivity index (χ3v) is 4.50. The van der Waals surface area contributed by atoms with Crippen LogP contribution in [0.25, 0.3) is 11.0 Å². The van der Waals surface area contributed by atoms with Gasteiger partial charge in [-0.1, -0.05) is 81.4 Å². The maximum absolute atomic E-state index is 12.2. The maximum Gasteiger partial charge on any atom is 0.249 e. The summed E-state index contributed by atoms with van der Waals surface area (Å²) >= 11 is 0. The van der Waals surface area contributed by atoms with Crippen molar-refractivity contribution >= 4 is 16.9 Å². The number of nitrogens with zero attached hydrogens (tertiary/aromatic N) is 3.